The minimum absolute atomic E-state index is 0.205. The lowest BCUT2D eigenvalue weighted by Gasteiger charge is -2.01. The zero-order valence-electron chi connectivity index (χ0n) is 8.98. The van der Waals surface area contributed by atoms with Gasteiger partial charge in [0.1, 0.15) is 11.5 Å². The molecule has 1 aromatic heterocycles. The van der Waals surface area contributed by atoms with E-state index in [0.29, 0.717) is 16.9 Å². The first-order chi connectivity index (χ1) is 7.58. The number of alkyl halides is 1. The molecule has 2 aromatic rings. The second-order valence-corrected chi connectivity index (χ2v) is 4.29. The third kappa shape index (κ3) is 2.07. The predicted molar refractivity (Wildman–Crippen MR) is 60.3 cm³/mol. The molecule has 1 unspecified atom stereocenters. The molecule has 0 aliphatic heterocycles. The number of aromatic nitrogens is 3. The Morgan fingerprint density at radius 3 is 2.75 bits per heavy atom. The number of hydrogen-bond donors (Lipinski definition) is 0. The minimum atomic E-state index is -0.256. The molecule has 1 atom stereocenters. The van der Waals surface area contributed by atoms with Crippen LogP contribution >= 0.6 is 11.6 Å². The van der Waals surface area contributed by atoms with E-state index in [9.17, 15) is 4.39 Å². The first-order valence-corrected chi connectivity index (χ1v) is 5.34. The van der Waals surface area contributed by atoms with Crippen molar-refractivity contribution < 1.29 is 4.39 Å². The van der Waals surface area contributed by atoms with Crippen molar-refractivity contribution in [2.45, 2.75) is 19.2 Å². The average molecular weight is 240 g/mol. The maximum atomic E-state index is 13.3. The quantitative estimate of drug-likeness (QED) is 0.755. The maximum absolute atomic E-state index is 13.3. The molecule has 1 heterocycles. The van der Waals surface area contributed by atoms with Crippen molar-refractivity contribution in [1.29, 1.82) is 0 Å². The van der Waals surface area contributed by atoms with Crippen LogP contribution in [0.25, 0.3) is 5.69 Å². The molecule has 0 N–H and O–H groups in total. The first kappa shape index (κ1) is 11.1. The molecule has 0 aliphatic carbocycles. The van der Waals surface area contributed by atoms with Crippen molar-refractivity contribution in [1.82, 2.24) is 15.0 Å². The summed E-state index contributed by atoms with van der Waals surface area (Å²) in [6, 6.07) is 4.92. The summed E-state index contributed by atoms with van der Waals surface area (Å²) in [6.45, 7) is 3.53. The van der Waals surface area contributed by atoms with Gasteiger partial charge in [-0.3, -0.25) is 0 Å². The summed E-state index contributed by atoms with van der Waals surface area (Å²) in [6.07, 6.45) is 1.70. The molecule has 0 fully saturated rings. The Hall–Kier alpha value is -1.42. The third-order valence-corrected chi connectivity index (χ3v) is 2.56. The maximum Gasteiger partial charge on any atom is 0.128 e. The van der Waals surface area contributed by atoms with Crippen LogP contribution in [0.3, 0.4) is 0 Å². The van der Waals surface area contributed by atoms with Crippen LogP contribution in [0.2, 0.25) is 0 Å². The van der Waals surface area contributed by atoms with E-state index in [-0.39, 0.29) is 11.2 Å². The van der Waals surface area contributed by atoms with Gasteiger partial charge in [-0.05, 0) is 31.5 Å². The minimum Gasteiger partial charge on any atom is -0.220 e. The first-order valence-electron chi connectivity index (χ1n) is 4.91. The number of benzene rings is 1. The highest BCUT2D eigenvalue weighted by molar-refractivity contribution is 6.20. The molecular weight excluding hydrogens is 229 g/mol. The van der Waals surface area contributed by atoms with E-state index in [1.165, 1.54) is 10.7 Å². The molecule has 84 valence electrons. The summed E-state index contributed by atoms with van der Waals surface area (Å²) >= 11 is 5.87. The van der Waals surface area contributed by atoms with Gasteiger partial charge in [0.25, 0.3) is 0 Å². The van der Waals surface area contributed by atoms with E-state index >= 15 is 0 Å². The lowest BCUT2D eigenvalue weighted by Crippen LogP contribution is -1.96. The van der Waals surface area contributed by atoms with Gasteiger partial charge in [0.15, 0.2) is 0 Å². The van der Waals surface area contributed by atoms with Gasteiger partial charge in [0.05, 0.1) is 17.3 Å². The Bertz CT molecular complexity index is 508. The lowest BCUT2D eigenvalue weighted by molar-refractivity contribution is 0.615. The molecule has 0 radical (unpaired) electrons. The van der Waals surface area contributed by atoms with Crippen molar-refractivity contribution in [3.63, 3.8) is 0 Å². The van der Waals surface area contributed by atoms with Gasteiger partial charge < -0.3 is 0 Å². The second-order valence-electron chi connectivity index (χ2n) is 3.64. The molecule has 0 spiro atoms. The highest BCUT2D eigenvalue weighted by Gasteiger charge is 2.08. The van der Waals surface area contributed by atoms with E-state index in [4.69, 9.17) is 11.6 Å². The third-order valence-electron chi connectivity index (χ3n) is 2.34. The summed E-state index contributed by atoms with van der Waals surface area (Å²) in [5.41, 5.74) is 1.91. The van der Waals surface area contributed by atoms with Crippen LogP contribution in [-0.2, 0) is 0 Å². The number of aryl methyl sites for hydroxylation is 1. The van der Waals surface area contributed by atoms with Gasteiger partial charge in [0.2, 0.25) is 0 Å². The summed E-state index contributed by atoms with van der Waals surface area (Å²) < 4.78 is 14.9. The van der Waals surface area contributed by atoms with Gasteiger partial charge >= 0.3 is 0 Å². The molecule has 0 bridgehead atoms. The van der Waals surface area contributed by atoms with Gasteiger partial charge in [-0.1, -0.05) is 11.3 Å². The highest BCUT2D eigenvalue weighted by atomic mass is 35.5. The molecule has 5 heteroatoms. The monoisotopic (exact) mass is 239 g/mol. The number of halogens is 2. The SMILES string of the molecule is Cc1ccc(-n2cc(C(C)Cl)nn2)cc1F. The number of hydrogen-bond acceptors (Lipinski definition) is 2. The van der Waals surface area contributed by atoms with Gasteiger partial charge in [-0.25, -0.2) is 9.07 Å². The van der Waals surface area contributed by atoms with E-state index in [1.54, 1.807) is 25.3 Å². The zero-order chi connectivity index (χ0) is 11.7. The summed E-state index contributed by atoms with van der Waals surface area (Å²) in [5, 5.41) is 7.59. The van der Waals surface area contributed by atoms with Crippen molar-refractivity contribution >= 4 is 11.6 Å². The van der Waals surface area contributed by atoms with Crippen LogP contribution in [0.5, 0.6) is 0 Å². The Morgan fingerprint density at radius 1 is 1.44 bits per heavy atom. The van der Waals surface area contributed by atoms with Crippen LogP contribution in [0.4, 0.5) is 4.39 Å². The van der Waals surface area contributed by atoms with Crippen molar-refractivity contribution in [2.24, 2.45) is 0 Å². The van der Waals surface area contributed by atoms with E-state index in [0.717, 1.165) is 0 Å². The fourth-order valence-corrected chi connectivity index (χ4v) is 1.41. The fraction of sp³-hybridized carbons (Fsp3) is 0.273. The largest absolute Gasteiger partial charge is 0.220 e. The Balaban J connectivity index is 2.39. The molecule has 16 heavy (non-hydrogen) atoms. The average Bonchev–Trinajstić information content (AvgIpc) is 2.71. The molecule has 0 saturated heterocycles. The van der Waals surface area contributed by atoms with Crippen molar-refractivity contribution in [2.75, 3.05) is 0 Å². The number of rotatable bonds is 2. The fourth-order valence-electron chi connectivity index (χ4n) is 1.31. The molecule has 0 aliphatic rings. The van der Waals surface area contributed by atoms with E-state index < -0.39 is 0 Å². The summed E-state index contributed by atoms with van der Waals surface area (Å²) in [5.74, 6) is -0.256. The van der Waals surface area contributed by atoms with E-state index in [2.05, 4.69) is 10.3 Å². The summed E-state index contributed by atoms with van der Waals surface area (Å²) in [4.78, 5) is 0. The van der Waals surface area contributed by atoms with Crippen LogP contribution in [0, 0.1) is 12.7 Å². The molecule has 2 rings (SSSR count). The van der Waals surface area contributed by atoms with Gasteiger partial charge in [-0.2, -0.15) is 0 Å². The summed E-state index contributed by atoms with van der Waals surface area (Å²) in [7, 11) is 0. The van der Waals surface area contributed by atoms with Gasteiger partial charge in [0, 0.05) is 0 Å². The molecule has 1 aromatic carbocycles. The Kier molecular flexibility index (Phi) is 2.92. The van der Waals surface area contributed by atoms with Crippen LogP contribution < -0.4 is 0 Å². The smallest absolute Gasteiger partial charge is 0.128 e. The van der Waals surface area contributed by atoms with Crippen molar-refractivity contribution in [3.05, 3.63) is 41.5 Å². The van der Waals surface area contributed by atoms with Gasteiger partial charge in [-0.15, -0.1) is 16.7 Å². The van der Waals surface area contributed by atoms with Crippen LogP contribution in [0.1, 0.15) is 23.6 Å². The Morgan fingerprint density at radius 2 is 2.19 bits per heavy atom. The van der Waals surface area contributed by atoms with Crippen molar-refractivity contribution in [3.8, 4) is 5.69 Å². The standard InChI is InChI=1S/C11H11ClFN3/c1-7-3-4-9(5-10(7)13)16-6-11(8(2)12)14-15-16/h3-6,8H,1-2H3. The second kappa shape index (κ2) is 4.22. The lowest BCUT2D eigenvalue weighted by atomic mass is 10.2. The predicted octanol–water partition coefficient (Wildman–Crippen LogP) is 3.01. The van der Waals surface area contributed by atoms with Crippen LogP contribution in [0.15, 0.2) is 24.4 Å². The molecule has 0 amide bonds. The molecule has 3 nitrogen and oxygen atoms in total. The zero-order valence-corrected chi connectivity index (χ0v) is 9.74. The normalized spacial score (nSPS) is 12.8. The molecule has 0 saturated carbocycles. The van der Waals surface area contributed by atoms with Crippen LogP contribution in [-0.4, -0.2) is 15.0 Å². The number of nitrogens with zero attached hydrogens (tertiary/aromatic N) is 3. The molecular formula is C11H11ClFN3. The van der Waals surface area contributed by atoms with E-state index in [1.807, 2.05) is 6.92 Å². The topological polar surface area (TPSA) is 30.7 Å². The highest BCUT2D eigenvalue weighted by Crippen LogP contribution is 2.18. The Labute approximate surface area is 97.8 Å².